The molecule has 0 N–H and O–H groups in total. The number of para-hydroxylation sites is 3. The van der Waals surface area contributed by atoms with Gasteiger partial charge in [0.15, 0.2) is 11.6 Å². The number of benzene rings is 3. The number of aromatic nitrogens is 7. The first kappa shape index (κ1) is 109. The van der Waals surface area contributed by atoms with E-state index in [1.807, 2.05) is 226 Å². The number of anilines is 5. The van der Waals surface area contributed by atoms with Crippen molar-refractivity contribution < 1.29 is 33.2 Å². The first-order valence-electron chi connectivity index (χ1n) is 53.2. The topological polar surface area (TPSA) is 273 Å². The SMILES string of the molecule is CCOc1ccccc1N1CCN(CCCCOc2cccc(C3=NCC=C3)n2)CC1.COc1cccnc1N1CCN(CCCCOc2cccc(C3=NCC=C3)n2)CC1.Clc1cccc(N2CCN(CCCCOc3cccc(C4=NCC=C4)n3)CC2)c1Cl.Clc1ccccc1N1CCN(CCCCOc2cccc(C3=NCC=C3)n2)CC1.N#Cc1cccnc1N1CCN(CCCCOc2cccc(C3=NCC=C3)n2)CC1. The highest BCUT2D eigenvalue weighted by molar-refractivity contribution is 6.43. The van der Waals surface area contributed by atoms with E-state index < -0.39 is 0 Å². The highest BCUT2D eigenvalue weighted by Gasteiger charge is 2.27. The van der Waals surface area contributed by atoms with E-state index in [0.29, 0.717) is 84.6 Å². The Bertz CT molecular complexity index is 6290. The molecule has 3 aromatic carbocycles. The number of piperazine rings is 5. The van der Waals surface area contributed by atoms with Crippen LogP contribution in [0.25, 0.3) is 0 Å². The van der Waals surface area contributed by atoms with Crippen LogP contribution < -0.4 is 57.7 Å². The van der Waals surface area contributed by atoms with Gasteiger partial charge in [-0.3, -0.25) is 49.5 Å². The molecule has 30 nitrogen and oxygen atoms in total. The van der Waals surface area contributed by atoms with Crippen LogP contribution in [-0.2, 0) is 0 Å². The Hall–Kier alpha value is -13.5. The number of aliphatic imine (C=N–C) groups is 5. The van der Waals surface area contributed by atoms with Crippen molar-refractivity contribution in [3.05, 3.63) is 304 Å². The number of ether oxygens (including phenoxy) is 7. The minimum absolute atomic E-state index is 0.615. The van der Waals surface area contributed by atoms with Gasteiger partial charge in [-0.05, 0) is 225 Å². The number of pyridine rings is 7. The molecule has 20 rings (SSSR count). The Kier molecular flexibility index (Phi) is 43.5. The summed E-state index contributed by atoms with van der Waals surface area (Å²) in [4.78, 5) is 77.9. The summed E-state index contributed by atoms with van der Waals surface area (Å²) in [7, 11) is 1.70. The lowest BCUT2D eigenvalue weighted by Crippen LogP contribution is -2.47. The third kappa shape index (κ3) is 33.8. The molecule has 0 amide bonds. The summed E-state index contributed by atoms with van der Waals surface area (Å²) in [5.41, 5.74) is 13.1. The number of hydrogen-bond donors (Lipinski definition) is 0. The molecule has 17 heterocycles. The van der Waals surface area contributed by atoms with Crippen LogP contribution in [-0.4, -0.2) is 331 Å². The maximum atomic E-state index is 9.27. The molecule has 0 bridgehead atoms. The lowest BCUT2D eigenvalue weighted by atomic mass is 10.2. The third-order valence-electron chi connectivity index (χ3n) is 27.0. The van der Waals surface area contributed by atoms with Gasteiger partial charge in [0.05, 0.1) is 174 Å². The Morgan fingerprint density at radius 3 is 0.920 bits per heavy atom. The lowest BCUT2D eigenvalue weighted by molar-refractivity contribution is 0.235. The molecule has 0 aliphatic carbocycles. The van der Waals surface area contributed by atoms with Gasteiger partial charge in [-0.25, -0.2) is 34.9 Å². The molecular formula is C117H140Cl3N23O7. The average molecular weight is 2090 g/mol. The van der Waals surface area contributed by atoms with E-state index in [-0.39, 0.29) is 0 Å². The van der Waals surface area contributed by atoms with Gasteiger partial charge in [0, 0.05) is 174 Å². The highest BCUT2D eigenvalue weighted by atomic mass is 35.5. The van der Waals surface area contributed by atoms with Crippen LogP contribution in [0.5, 0.6) is 40.9 Å². The summed E-state index contributed by atoms with van der Waals surface area (Å²) in [5.74, 6) is 6.95. The second-order valence-corrected chi connectivity index (χ2v) is 38.5. The first-order valence-corrected chi connectivity index (χ1v) is 54.3. The van der Waals surface area contributed by atoms with Crippen LogP contribution in [0.4, 0.5) is 28.7 Å². The molecule has 786 valence electrons. The molecule has 5 saturated heterocycles. The molecule has 5 fully saturated rings. The van der Waals surface area contributed by atoms with Crippen molar-refractivity contribution in [3.63, 3.8) is 0 Å². The molecule has 0 atom stereocenters. The van der Waals surface area contributed by atoms with Gasteiger partial charge in [-0.15, -0.1) is 0 Å². The van der Waals surface area contributed by atoms with Gasteiger partial charge >= 0.3 is 0 Å². The Morgan fingerprint density at radius 1 is 0.287 bits per heavy atom. The van der Waals surface area contributed by atoms with E-state index in [9.17, 15) is 5.26 Å². The molecule has 7 aromatic heterocycles. The molecule has 0 radical (unpaired) electrons. The maximum absolute atomic E-state index is 9.27. The Morgan fingerprint density at radius 2 is 0.580 bits per heavy atom. The first-order chi connectivity index (χ1) is 74.0. The van der Waals surface area contributed by atoms with Crippen LogP contribution in [0.1, 0.15) is 105 Å². The summed E-state index contributed by atoms with van der Waals surface area (Å²) in [6, 6.07) is 61.3. The predicted octanol–water partition coefficient (Wildman–Crippen LogP) is 18.1. The van der Waals surface area contributed by atoms with Crippen molar-refractivity contribution in [2.24, 2.45) is 25.0 Å². The number of rotatable bonds is 43. The van der Waals surface area contributed by atoms with Crippen LogP contribution in [0.3, 0.4) is 0 Å². The number of methoxy groups -OCH3 is 1. The van der Waals surface area contributed by atoms with Crippen molar-refractivity contribution in [2.45, 2.75) is 71.1 Å². The van der Waals surface area contributed by atoms with Crippen molar-refractivity contribution in [1.82, 2.24) is 59.4 Å². The minimum Gasteiger partial charge on any atom is -0.493 e. The van der Waals surface area contributed by atoms with Crippen LogP contribution >= 0.6 is 34.8 Å². The fourth-order valence-electron chi connectivity index (χ4n) is 18.9. The van der Waals surface area contributed by atoms with Crippen molar-refractivity contribution in [1.29, 1.82) is 5.26 Å². The van der Waals surface area contributed by atoms with E-state index in [1.165, 1.54) is 5.69 Å². The maximum Gasteiger partial charge on any atom is 0.213 e. The summed E-state index contributed by atoms with van der Waals surface area (Å²) >= 11 is 18.8. The van der Waals surface area contributed by atoms with Gasteiger partial charge in [0.25, 0.3) is 0 Å². The molecule has 0 saturated carbocycles. The molecular weight excluding hydrogens is 1950 g/mol. The number of hydrogen-bond acceptors (Lipinski definition) is 30. The van der Waals surface area contributed by atoms with E-state index >= 15 is 0 Å². The average Bonchev–Trinajstić information content (AvgIpc) is 1.10. The normalized spacial score (nSPS) is 16.6. The van der Waals surface area contributed by atoms with Gasteiger partial charge in [-0.2, -0.15) is 5.26 Å². The summed E-state index contributed by atoms with van der Waals surface area (Å²) < 4.78 is 40.5. The van der Waals surface area contributed by atoms with Gasteiger partial charge in [0.2, 0.25) is 29.4 Å². The predicted molar refractivity (Wildman–Crippen MR) is 606 cm³/mol. The fourth-order valence-corrected chi connectivity index (χ4v) is 19.6. The Balaban J connectivity index is 0.000000133. The van der Waals surface area contributed by atoms with Gasteiger partial charge < -0.3 is 57.7 Å². The van der Waals surface area contributed by atoms with E-state index in [2.05, 4.69) is 145 Å². The van der Waals surface area contributed by atoms with E-state index in [4.69, 9.17) is 68.0 Å². The molecule has 150 heavy (non-hydrogen) atoms. The highest BCUT2D eigenvalue weighted by Crippen LogP contribution is 2.35. The smallest absolute Gasteiger partial charge is 0.213 e. The summed E-state index contributed by atoms with van der Waals surface area (Å²) in [5, 5.41) is 11.4. The Labute approximate surface area is 899 Å². The van der Waals surface area contributed by atoms with Crippen molar-refractivity contribution >= 4 is 92.1 Å². The second-order valence-electron chi connectivity index (χ2n) is 37.3. The summed E-state index contributed by atoms with van der Waals surface area (Å²) in [6.07, 6.45) is 34.4. The van der Waals surface area contributed by atoms with Crippen molar-refractivity contribution in [3.8, 4) is 47.0 Å². The van der Waals surface area contributed by atoms with Gasteiger partial charge in [0.1, 0.15) is 17.6 Å². The standard InChI is InChI=1S/C25H32N4O2.C23H26Cl2N4O.C23H27ClN4O.C23H26N6O.C23H29N5O2/c1-2-30-24-12-4-3-11-23(24)29-18-16-28(17-19-29)15-5-6-20-31-25-13-7-9-22(27-25)21-10-8-14-26-21;24-18-6-3-9-21(23(18)25)29-15-13-28(14-16-29)12-1-2-17-30-22-10-4-7-20(27-22)19-8-5-11-26-19;24-19-7-1-2-10-22(19)28-16-14-27(15-17-28)13-3-4-18-29-23-11-5-8-21(26-23)20-9-6-12-25-20;24-18-19-6-4-11-26-23(19)29-15-13-28(14-16-29)12-1-2-17-30-22-9-3-7-21(27-22)20-8-5-10-25-20;1-29-21-9-6-12-25-23(21)28-16-14-27(15-17-28)13-2-3-18-30-22-10-4-7-20(26-22)19-8-5-11-24-19/h3-4,7-13H,2,5-6,14-20H2,1H3;3-10H,1-2,11-17H2;1-2,5-11H,3-4,12-18H2;3-9,11H,1-2,10,12-17H2;4-10,12H,2-3,11,13-18H2,1H3. The van der Waals surface area contributed by atoms with Crippen molar-refractivity contribution in [2.75, 3.05) is 268 Å². The van der Waals surface area contributed by atoms with E-state index in [0.717, 1.165) is 357 Å². The molecule has 33 heteroatoms. The zero-order chi connectivity index (χ0) is 103. The monoisotopic (exact) mass is 2080 g/mol. The van der Waals surface area contributed by atoms with Crippen LogP contribution in [0.2, 0.25) is 15.1 Å². The largest absolute Gasteiger partial charge is 0.493 e. The summed E-state index contributed by atoms with van der Waals surface area (Å²) in [6.45, 7) is 35.5. The minimum atomic E-state index is 0.615. The number of allylic oxidation sites excluding steroid dienone is 5. The fraction of sp³-hybridized carbons (Fsp3) is 0.410. The number of halogens is 3. The van der Waals surface area contributed by atoms with Gasteiger partial charge in [-0.1, -0.05) is 126 Å². The zero-order valence-electron chi connectivity index (χ0n) is 86.6. The number of nitriles is 1. The lowest BCUT2D eigenvalue weighted by Gasteiger charge is -2.36. The molecule has 0 spiro atoms. The third-order valence-corrected chi connectivity index (χ3v) is 28.2. The molecule has 10 aliphatic rings. The molecule has 10 aromatic rings. The number of nitrogens with zero attached hydrogens (tertiary/aromatic N) is 23. The molecule has 0 unspecified atom stereocenters. The second kappa shape index (κ2) is 59.8. The van der Waals surface area contributed by atoms with E-state index in [1.54, 1.807) is 13.3 Å². The zero-order valence-corrected chi connectivity index (χ0v) is 88.8. The van der Waals surface area contributed by atoms with Crippen LogP contribution in [0.15, 0.2) is 280 Å². The molecule has 10 aliphatic heterocycles. The number of unbranched alkanes of at least 4 members (excludes halogenated alkanes) is 5. The quantitative estimate of drug-likeness (QED) is 0.0321. The van der Waals surface area contributed by atoms with Crippen LogP contribution in [0, 0.1) is 11.3 Å².